The first-order valence-electron chi connectivity index (χ1n) is 9.77. The molecule has 1 aliphatic carbocycles. The Balaban J connectivity index is 1.68. The summed E-state index contributed by atoms with van der Waals surface area (Å²) in [6.45, 7) is 4.11. The highest BCUT2D eigenvalue weighted by Crippen LogP contribution is 2.31. The van der Waals surface area contributed by atoms with E-state index >= 15 is 0 Å². The molecule has 4 rings (SSSR count). The summed E-state index contributed by atoms with van der Waals surface area (Å²) in [7, 11) is 5.85. The second kappa shape index (κ2) is 6.93. The molecule has 0 fully saturated rings. The number of anilines is 1. The standard InChI is InChI=1S/C22H27N5O/c1-13-8-6-9-15-14(2)20(27(5)19(13)15)21(28)24-17-10-7-11-18-16(17)12-23-22(25-18)26(3)4/h6,8-9,12,17H,7,10-11H2,1-5H3,(H,24,28)/t17-/m1/s1. The fourth-order valence-electron chi connectivity index (χ4n) is 4.35. The van der Waals surface area contributed by atoms with Gasteiger partial charge in [0.15, 0.2) is 0 Å². The van der Waals surface area contributed by atoms with E-state index in [2.05, 4.69) is 34.3 Å². The highest BCUT2D eigenvalue weighted by atomic mass is 16.2. The molecule has 146 valence electrons. The summed E-state index contributed by atoms with van der Waals surface area (Å²) < 4.78 is 2.02. The Hall–Kier alpha value is -2.89. The molecule has 28 heavy (non-hydrogen) atoms. The molecular formula is C22H27N5O. The molecule has 0 aliphatic heterocycles. The molecule has 0 unspecified atom stereocenters. The van der Waals surface area contributed by atoms with Crippen LogP contribution in [0.15, 0.2) is 24.4 Å². The molecule has 0 bridgehead atoms. The van der Waals surface area contributed by atoms with E-state index in [9.17, 15) is 4.79 Å². The zero-order valence-corrected chi connectivity index (χ0v) is 17.2. The lowest BCUT2D eigenvalue weighted by atomic mass is 9.92. The van der Waals surface area contributed by atoms with Crippen molar-refractivity contribution in [2.45, 2.75) is 39.2 Å². The highest BCUT2D eigenvalue weighted by Gasteiger charge is 2.27. The van der Waals surface area contributed by atoms with E-state index in [1.165, 1.54) is 5.56 Å². The third-order valence-electron chi connectivity index (χ3n) is 5.76. The van der Waals surface area contributed by atoms with Gasteiger partial charge < -0.3 is 14.8 Å². The number of nitrogens with zero attached hydrogens (tertiary/aromatic N) is 4. The number of hydrogen-bond donors (Lipinski definition) is 1. The van der Waals surface area contributed by atoms with Gasteiger partial charge in [-0.05, 0) is 44.2 Å². The van der Waals surface area contributed by atoms with Gasteiger partial charge in [0.25, 0.3) is 5.91 Å². The second-order valence-electron chi connectivity index (χ2n) is 7.89. The minimum atomic E-state index is -0.0500. The first-order chi connectivity index (χ1) is 13.4. The number of carbonyl (C=O) groups is 1. The van der Waals surface area contributed by atoms with E-state index in [0.717, 1.165) is 52.7 Å². The number of aromatic nitrogens is 3. The van der Waals surface area contributed by atoms with Gasteiger partial charge in [0.05, 0.1) is 17.3 Å². The zero-order chi connectivity index (χ0) is 20.0. The number of rotatable bonds is 3. The van der Waals surface area contributed by atoms with Crippen LogP contribution in [0.3, 0.4) is 0 Å². The number of para-hydroxylation sites is 1. The van der Waals surface area contributed by atoms with Crippen molar-refractivity contribution in [1.29, 1.82) is 0 Å². The lowest BCUT2D eigenvalue weighted by Crippen LogP contribution is -2.33. The van der Waals surface area contributed by atoms with Crippen molar-refractivity contribution >= 4 is 22.8 Å². The molecule has 0 saturated heterocycles. The van der Waals surface area contributed by atoms with Crippen LogP contribution in [0.1, 0.15) is 51.8 Å². The normalized spacial score (nSPS) is 16.1. The molecule has 0 spiro atoms. The van der Waals surface area contributed by atoms with E-state index in [1.807, 2.05) is 49.8 Å². The third kappa shape index (κ3) is 2.93. The molecule has 1 N–H and O–H groups in total. The molecule has 0 radical (unpaired) electrons. The second-order valence-corrected chi connectivity index (χ2v) is 7.89. The maximum absolute atomic E-state index is 13.2. The summed E-state index contributed by atoms with van der Waals surface area (Å²) >= 11 is 0. The van der Waals surface area contributed by atoms with Crippen molar-refractivity contribution in [2.75, 3.05) is 19.0 Å². The van der Waals surface area contributed by atoms with Crippen LogP contribution in [0.4, 0.5) is 5.95 Å². The number of hydrogen-bond acceptors (Lipinski definition) is 4. The molecule has 1 atom stereocenters. The van der Waals surface area contributed by atoms with Gasteiger partial charge >= 0.3 is 0 Å². The number of nitrogens with one attached hydrogen (secondary N) is 1. The van der Waals surface area contributed by atoms with Crippen molar-refractivity contribution in [3.8, 4) is 0 Å². The summed E-state index contributed by atoms with van der Waals surface area (Å²) in [5.74, 6) is 0.677. The van der Waals surface area contributed by atoms with Crippen molar-refractivity contribution in [2.24, 2.45) is 7.05 Å². The van der Waals surface area contributed by atoms with Crippen LogP contribution in [0.2, 0.25) is 0 Å². The van der Waals surface area contributed by atoms with Gasteiger partial charge in [0.1, 0.15) is 5.69 Å². The van der Waals surface area contributed by atoms with E-state index in [1.54, 1.807) is 0 Å². The van der Waals surface area contributed by atoms with E-state index < -0.39 is 0 Å². The number of amides is 1. The summed E-state index contributed by atoms with van der Waals surface area (Å²) in [5.41, 5.74) is 6.12. The number of fused-ring (bicyclic) bond motifs is 2. The Morgan fingerprint density at radius 3 is 2.79 bits per heavy atom. The quantitative estimate of drug-likeness (QED) is 0.759. The predicted octanol–water partition coefficient (Wildman–Crippen LogP) is 3.46. The Morgan fingerprint density at radius 1 is 1.29 bits per heavy atom. The first-order valence-corrected chi connectivity index (χ1v) is 9.77. The molecule has 6 nitrogen and oxygen atoms in total. The third-order valence-corrected chi connectivity index (χ3v) is 5.76. The van der Waals surface area contributed by atoms with Gasteiger partial charge in [-0.2, -0.15) is 0 Å². The van der Waals surface area contributed by atoms with Crippen LogP contribution >= 0.6 is 0 Å². The Labute approximate surface area is 165 Å². The van der Waals surface area contributed by atoms with Crippen molar-refractivity contribution < 1.29 is 4.79 Å². The molecule has 1 aliphatic rings. The number of carbonyl (C=O) groups excluding carboxylic acids is 1. The van der Waals surface area contributed by atoms with Gasteiger partial charge in [-0.1, -0.05) is 18.2 Å². The van der Waals surface area contributed by atoms with Gasteiger partial charge in [0.2, 0.25) is 5.95 Å². The van der Waals surface area contributed by atoms with Gasteiger partial charge in [-0.15, -0.1) is 0 Å². The van der Waals surface area contributed by atoms with Crippen LogP contribution < -0.4 is 10.2 Å². The Kier molecular flexibility index (Phi) is 4.57. The maximum atomic E-state index is 13.2. The number of aryl methyl sites for hydroxylation is 4. The molecule has 0 saturated carbocycles. The lowest BCUT2D eigenvalue weighted by Gasteiger charge is -2.26. The monoisotopic (exact) mass is 377 g/mol. The smallest absolute Gasteiger partial charge is 0.268 e. The number of benzene rings is 1. The van der Waals surface area contributed by atoms with Crippen LogP contribution in [-0.4, -0.2) is 34.5 Å². The largest absolute Gasteiger partial charge is 0.347 e. The Bertz CT molecular complexity index is 1070. The maximum Gasteiger partial charge on any atom is 0.268 e. The van der Waals surface area contributed by atoms with E-state index in [4.69, 9.17) is 0 Å². The SMILES string of the molecule is Cc1c(C(=O)N[C@@H]2CCCc3nc(N(C)C)ncc32)n(C)c2c(C)cccc12. The van der Waals surface area contributed by atoms with Crippen LogP contribution in [0.25, 0.3) is 10.9 Å². The average Bonchev–Trinajstić information content (AvgIpc) is 2.93. The van der Waals surface area contributed by atoms with Crippen LogP contribution in [-0.2, 0) is 13.5 Å². The molecule has 1 amide bonds. The van der Waals surface area contributed by atoms with Gasteiger partial charge in [0, 0.05) is 38.3 Å². The topological polar surface area (TPSA) is 63.1 Å². The van der Waals surface area contributed by atoms with Gasteiger partial charge in [-0.3, -0.25) is 4.79 Å². The highest BCUT2D eigenvalue weighted by molar-refractivity contribution is 6.02. The minimum Gasteiger partial charge on any atom is -0.347 e. The fourth-order valence-corrected chi connectivity index (χ4v) is 4.35. The molecule has 2 heterocycles. The van der Waals surface area contributed by atoms with Crippen molar-refractivity contribution in [1.82, 2.24) is 19.9 Å². The van der Waals surface area contributed by atoms with Crippen molar-refractivity contribution in [3.05, 3.63) is 52.5 Å². The van der Waals surface area contributed by atoms with Crippen molar-refractivity contribution in [3.63, 3.8) is 0 Å². The Morgan fingerprint density at radius 2 is 2.07 bits per heavy atom. The zero-order valence-electron chi connectivity index (χ0n) is 17.2. The first kappa shape index (κ1) is 18.5. The molecule has 6 heteroatoms. The summed E-state index contributed by atoms with van der Waals surface area (Å²) in [4.78, 5) is 24.3. The minimum absolute atomic E-state index is 0.0369. The predicted molar refractivity (Wildman–Crippen MR) is 112 cm³/mol. The lowest BCUT2D eigenvalue weighted by molar-refractivity contribution is 0.0924. The molecule has 2 aromatic heterocycles. The summed E-state index contributed by atoms with van der Waals surface area (Å²) in [5, 5.41) is 4.38. The average molecular weight is 377 g/mol. The molecular weight excluding hydrogens is 350 g/mol. The molecule has 1 aromatic carbocycles. The fraction of sp³-hybridized carbons (Fsp3) is 0.409. The van der Waals surface area contributed by atoms with E-state index in [0.29, 0.717) is 5.95 Å². The van der Waals surface area contributed by atoms with E-state index in [-0.39, 0.29) is 11.9 Å². The summed E-state index contributed by atoms with van der Waals surface area (Å²) in [6, 6.07) is 6.16. The van der Waals surface area contributed by atoms with Crippen LogP contribution in [0, 0.1) is 13.8 Å². The summed E-state index contributed by atoms with van der Waals surface area (Å²) in [6.07, 6.45) is 4.72. The van der Waals surface area contributed by atoms with Gasteiger partial charge in [-0.25, -0.2) is 9.97 Å². The van der Waals surface area contributed by atoms with Crippen LogP contribution in [0.5, 0.6) is 0 Å². The molecule has 3 aromatic rings.